The largest absolute Gasteiger partial charge is 0.453 e. The number of carbonyl (C=O) groups is 1. The summed E-state index contributed by atoms with van der Waals surface area (Å²) in [5, 5.41) is 13.3. The molecule has 2 aromatic carbocycles. The number of hydrogen-bond donors (Lipinski definition) is 3. The van der Waals surface area contributed by atoms with Gasteiger partial charge >= 0.3 is 6.09 Å². The lowest BCUT2D eigenvalue weighted by Crippen LogP contribution is -2.39. The zero-order valence-electron chi connectivity index (χ0n) is 14.2. The summed E-state index contributed by atoms with van der Waals surface area (Å²) in [5.74, 6) is 0. The van der Waals surface area contributed by atoms with E-state index < -0.39 is 21.7 Å². The van der Waals surface area contributed by atoms with Gasteiger partial charge in [-0.2, -0.15) is 0 Å². The van der Waals surface area contributed by atoms with Crippen LogP contribution in [0.4, 0.5) is 10.5 Å². The minimum Gasteiger partial charge on any atom is -0.453 e. The molecular formula is C18H20N2O5S. The molecule has 0 aliphatic heterocycles. The highest BCUT2D eigenvalue weighted by atomic mass is 32.2. The molecule has 1 aliphatic rings. The van der Waals surface area contributed by atoms with Crippen LogP contribution in [0.2, 0.25) is 0 Å². The van der Waals surface area contributed by atoms with Crippen LogP contribution in [0.5, 0.6) is 0 Å². The number of methoxy groups -OCH3 is 1. The first-order valence-corrected chi connectivity index (χ1v) is 9.58. The molecule has 0 saturated carbocycles. The summed E-state index contributed by atoms with van der Waals surface area (Å²) in [5.41, 5.74) is 1.00. The SMILES string of the molecule is COC(=O)Nc1ccc(S(=O)(=O)NCC2(O)CCc3ccccc32)cc1. The van der Waals surface area contributed by atoms with Gasteiger partial charge in [-0.25, -0.2) is 17.9 Å². The molecule has 0 bridgehead atoms. The Bertz CT molecular complexity index is 911. The van der Waals surface area contributed by atoms with Gasteiger partial charge in [0, 0.05) is 12.2 Å². The highest BCUT2D eigenvalue weighted by molar-refractivity contribution is 7.89. The monoisotopic (exact) mass is 376 g/mol. The fourth-order valence-corrected chi connectivity index (χ4v) is 4.13. The zero-order chi connectivity index (χ0) is 18.8. The Morgan fingerprint density at radius 3 is 2.58 bits per heavy atom. The standard InChI is InChI=1S/C18H20N2O5S/c1-25-17(21)20-14-6-8-15(9-7-14)26(23,24)19-12-18(22)11-10-13-4-2-3-5-16(13)18/h2-9,19,22H,10-12H2,1H3,(H,20,21). The lowest BCUT2D eigenvalue weighted by atomic mass is 9.96. The van der Waals surface area contributed by atoms with Gasteiger partial charge in [-0.3, -0.25) is 5.32 Å². The van der Waals surface area contributed by atoms with Crippen LogP contribution in [0.3, 0.4) is 0 Å². The Morgan fingerprint density at radius 2 is 1.88 bits per heavy atom. The smallest absolute Gasteiger partial charge is 0.411 e. The minimum atomic E-state index is -3.79. The number of nitrogens with one attached hydrogen (secondary N) is 2. The highest BCUT2D eigenvalue weighted by Crippen LogP contribution is 2.36. The van der Waals surface area contributed by atoms with Gasteiger partial charge in [0.05, 0.1) is 12.0 Å². The van der Waals surface area contributed by atoms with E-state index in [1.807, 2.05) is 24.3 Å². The van der Waals surface area contributed by atoms with E-state index in [2.05, 4.69) is 14.8 Å². The van der Waals surface area contributed by atoms with Crippen molar-refractivity contribution in [2.75, 3.05) is 19.0 Å². The maximum Gasteiger partial charge on any atom is 0.411 e. The third kappa shape index (κ3) is 3.72. The molecule has 1 aliphatic carbocycles. The first-order chi connectivity index (χ1) is 12.3. The van der Waals surface area contributed by atoms with Crippen molar-refractivity contribution in [1.82, 2.24) is 4.72 Å². The van der Waals surface area contributed by atoms with Gasteiger partial charge in [0.1, 0.15) is 5.60 Å². The normalized spacial score (nSPS) is 19.0. The van der Waals surface area contributed by atoms with Crippen LogP contribution >= 0.6 is 0 Å². The average molecular weight is 376 g/mol. The molecule has 7 nitrogen and oxygen atoms in total. The van der Waals surface area contributed by atoms with Gasteiger partial charge in [0.2, 0.25) is 10.0 Å². The fraction of sp³-hybridized carbons (Fsp3) is 0.278. The molecular weight excluding hydrogens is 356 g/mol. The Hall–Kier alpha value is -2.42. The van der Waals surface area contributed by atoms with Crippen LogP contribution in [0.25, 0.3) is 0 Å². The van der Waals surface area contributed by atoms with Crippen LogP contribution in [0.15, 0.2) is 53.4 Å². The third-order valence-corrected chi connectivity index (χ3v) is 5.89. The van der Waals surface area contributed by atoms with Crippen molar-refractivity contribution in [3.05, 3.63) is 59.7 Å². The second kappa shape index (κ2) is 7.06. The van der Waals surface area contributed by atoms with E-state index in [4.69, 9.17) is 0 Å². The summed E-state index contributed by atoms with van der Waals surface area (Å²) in [7, 11) is -2.55. The van der Waals surface area contributed by atoms with Gasteiger partial charge in [0.15, 0.2) is 0 Å². The van der Waals surface area contributed by atoms with Crippen LogP contribution < -0.4 is 10.0 Å². The number of fused-ring (bicyclic) bond motifs is 1. The van der Waals surface area contributed by atoms with Crippen molar-refractivity contribution >= 4 is 21.8 Å². The predicted molar refractivity (Wildman–Crippen MR) is 96.3 cm³/mol. The van der Waals surface area contributed by atoms with Crippen molar-refractivity contribution in [3.8, 4) is 0 Å². The number of aliphatic hydroxyl groups is 1. The summed E-state index contributed by atoms with van der Waals surface area (Å²) in [6.45, 7) is -0.103. The second-order valence-electron chi connectivity index (χ2n) is 6.15. The van der Waals surface area contributed by atoms with E-state index in [1.165, 1.54) is 31.4 Å². The third-order valence-electron chi connectivity index (χ3n) is 4.48. The number of aryl methyl sites for hydroxylation is 1. The summed E-state index contributed by atoms with van der Waals surface area (Å²) < 4.78 is 32.0. The van der Waals surface area contributed by atoms with Crippen LogP contribution in [0, 0.1) is 0 Å². The maximum absolute atomic E-state index is 12.5. The van der Waals surface area contributed by atoms with E-state index in [-0.39, 0.29) is 11.4 Å². The zero-order valence-corrected chi connectivity index (χ0v) is 15.0. The predicted octanol–water partition coefficient (Wildman–Crippen LogP) is 1.98. The van der Waals surface area contributed by atoms with Gasteiger partial charge in [-0.15, -0.1) is 0 Å². The Labute approximate surface area is 152 Å². The van der Waals surface area contributed by atoms with E-state index in [0.717, 1.165) is 11.1 Å². The summed E-state index contributed by atoms with van der Waals surface area (Å²) >= 11 is 0. The van der Waals surface area contributed by atoms with Crippen molar-refractivity contribution < 1.29 is 23.1 Å². The molecule has 0 fully saturated rings. The molecule has 2 aromatic rings. The number of rotatable bonds is 5. The molecule has 1 atom stereocenters. The molecule has 0 aromatic heterocycles. The second-order valence-corrected chi connectivity index (χ2v) is 7.92. The highest BCUT2D eigenvalue weighted by Gasteiger charge is 2.37. The maximum atomic E-state index is 12.5. The summed E-state index contributed by atoms with van der Waals surface area (Å²) in [4.78, 5) is 11.2. The van der Waals surface area contributed by atoms with Crippen molar-refractivity contribution in [2.24, 2.45) is 0 Å². The van der Waals surface area contributed by atoms with Gasteiger partial charge in [-0.05, 0) is 48.2 Å². The Balaban J connectivity index is 1.71. The van der Waals surface area contributed by atoms with Crippen LogP contribution in [-0.2, 0) is 26.8 Å². The topological polar surface area (TPSA) is 105 Å². The van der Waals surface area contributed by atoms with E-state index in [9.17, 15) is 18.3 Å². The molecule has 0 spiro atoms. The quantitative estimate of drug-likeness (QED) is 0.740. The van der Waals surface area contributed by atoms with E-state index in [0.29, 0.717) is 18.5 Å². The number of ether oxygens (including phenoxy) is 1. The first-order valence-electron chi connectivity index (χ1n) is 8.09. The molecule has 1 unspecified atom stereocenters. The molecule has 0 saturated heterocycles. The number of anilines is 1. The number of sulfonamides is 1. The molecule has 138 valence electrons. The number of benzene rings is 2. The molecule has 0 radical (unpaired) electrons. The molecule has 26 heavy (non-hydrogen) atoms. The van der Waals surface area contributed by atoms with Crippen molar-refractivity contribution in [2.45, 2.75) is 23.3 Å². The van der Waals surface area contributed by atoms with E-state index in [1.54, 1.807) is 0 Å². The Morgan fingerprint density at radius 1 is 1.19 bits per heavy atom. The lowest BCUT2D eigenvalue weighted by molar-refractivity contribution is 0.0442. The lowest BCUT2D eigenvalue weighted by Gasteiger charge is -2.24. The average Bonchev–Trinajstić information content (AvgIpc) is 2.98. The van der Waals surface area contributed by atoms with Crippen molar-refractivity contribution in [1.29, 1.82) is 0 Å². The Kier molecular flexibility index (Phi) is 4.99. The first kappa shape index (κ1) is 18.4. The van der Waals surface area contributed by atoms with Gasteiger partial charge in [0.25, 0.3) is 0 Å². The van der Waals surface area contributed by atoms with Gasteiger partial charge < -0.3 is 9.84 Å². The minimum absolute atomic E-state index is 0.0443. The van der Waals surface area contributed by atoms with Crippen LogP contribution in [0.1, 0.15) is 17.5 Å². The molecule has 3 rings (SSSR count). The molecule has 8 heteroatoms. The number of carbonyl (C=O) groups excluding carboxylic acids is 1. The molecule has 0 heterocycles. The summed E-state index contributed by atoms with van der Waals surface area (Å²) in [6, 6.07) is 13.2. The van der Waals surface area contributed by atoms with Crippen LogP contribution in [-0.4, -0.2) is 33.3 Å². The van der Waals surface area contributed by atoms with E-state index >= 15 is 0 Å². The van der Waals surface area contributed by atoms with Crippen molar-refractivity contribution in [3.63, 3.8) is 0 Å². The fourth-order valence-electron chi connectivity index (χ4n) is 3.04. The molecule has 3 N–H and O–H groups in total. The summed E-state index contributed by atoms with van der Waals surface area (Å²) in [6.07, 6.45) is 0.542. The molecule has 1 amide bonds. The number of amides is 1. The number of hydrogen-bond acceptors (Lipinski definition) is 5. The van der Waals surface area contributed by atoms with Gasteiger partial charge in [-0.1, -0.05) is 24.3 Å².